The Balaban J connectivity index is 1.29. The quantitative estimate of drug-likeness (QED) is 0.470. The SMILES string of the molecule is COc1ccccc1CN1CCC2(CCOc3cc(-c4cnn(C)c4)ccc3S(=O)(=O)N3C[C@H](O)C[C@H]3C(=O)N2)CC1. The summed E-state index contributed by atoms with van der Waals surface area (Å²) in [6.45, 7) is 2.31. The maximum atomic E-state index is 13.9. The second kappa shape index (κ2) is 11.3. The number of carbonyl (C=O) groups excluding carboxylic acids is 1. The Morgan fingerprint density at radius 2 is 1.93 bits per heavy atom. The first-order valence-electron chi connectivity index (χ1n) is 14.3. The van der Waals surface area contributed by atoms with Gasteiger partial charge in [0.1, 0.15) is 22.4 Å². The predicted molar refractivity (Wildman–Crippen MR) is 155 cm³/mol. The molecule has 4 heterocycles. The summed E-state index contributed by atoms with van der Waals surface area (Å²) >= 11 is 0. The van der Waals surface area contributed by atoms with Crippen LogP contribution in [-0.4, -0.2) is 89.5 Å². The number of rotatable bonds is 4. The van der Waals surface area contributed by atoms with Gasteiger partial charge >= 0.3 is 0 Å². The van der Waals surface area contributed by atoms with Crippen molar-refractivity contribution in [3.05, 3.63) is 60.4 Å². The van der Waals surface area contributed by atoms with Crippen molar-refractivity contribution in [3.63, 3.8) is 0 Å². The second-order valence-corrected chi connectivity index (χ2v) is 13.4. The summed E-state index contributed by atoms with van der Waals surface area (Å²) < 4.78 is 42.5. The van der Waals surface area contributed by atoms with E-state index < -0.39 is 27.7 Å². The number of fused-ring (bicyclic) bond motifs is 2. The Bertz CT molecular complexity index is 1570. The number of nitrogens with zero attached hydrogens (tertiary/aromatic N) is 4. The van der Waals surface area contributed by atoms with E-state index in [1.807, 2.05) is 31.4 Å². The Morgan fingerprint density at radius 1 is 1.14 bits per heavy atom. The summed E-state index contributed by atoms with van der Waals surface area (Å²) in [7, 11) is -0.652. The molecule has 11 nitrogen and oxygen atoms in total. The van der Waals surface area contributed by atoms with E-state index in [-0.39, 0.29) is 36.1 Å². The maximum Gasteiger partial charge on any atom is 0.247 e. The molecule has 42 heavy (non-hydrogen) atoms. The van der Waals surface area contributed by atoms with Gasteiger partial charge in [-0.3, -0.25) is 14.4 Å². The zero-order valence-corrected chi connectivity index (χ0v) is 24.7. The summed E-state index contributed by atoms with van der Waals surface area (Å²) in [5.41, 5.74) is 2.15. The minimum Gasteiger partial charge on any atom is -0.496 e. The first-order valence-corrected chi connectivity index (χ1v) is 15.7. The lowest BCUT2D eigenvalue weighted by atomic mass is 9.84. The largest absolute Gasteiger partial charge is 0.496 e. The number of aliphatic hydroxyl groups is 1. The molecule has 3 aliphatic rings. The van der Waals surface area contributed by atoms with Crippen LogP contribution in [0, 0.1) is 0 Å². The highest BCUT2D eigenvalue weighted by molar-refractivity contribution is 7.89. The molecule has 2 atom stereocenters. The summed E-state index contributed by atoms with van der Waals surface area (Å²) in [5, 5.41) is 18.0. The number of likely N-dealkylation sites (tertiary alicyclic amines) is 1. The van der Waals surface area contributed by atoms with Gasteiger partial charge in [-0.2, -0.15) is 9.40 Å². The van der Waals surface area contributed by atoms with Gasteiger partial charge in [0.05, 0.1) is 26.0 Å². The third kappa shape index (κ3) is 5.51. The highest BCUT2D eigenvalue weighted by Gasteiger charge is 2.47. The van der Waals surface area contributed by atoms with Gasteiger partial charge in [-0.1, -0.05) is 24.3 Å². The van der Waals surface area contributed by atoms with Crippen LogP contribution in [0.3, 0.4) is 0 Å². The highest BCUT2D eigenvalue weighted by atomic mass is 32.2. The van der Waals surface area contributed by atoms with Crippen LogP contribution >= 0.6 is 0 Å². The number of aromatic nitrogens is 2. The molecule has 1 spiro atoms. The normalized spacial score (nSPS) is 24.2. The molecule has 3 aliphatic heterocycles. The van der Waals surface area contributed by atoms with E-state index in [0.29, 0.717) is 19.3 Å². The van der Waals surface area contributed by atoms with Crippen LogP contribution in [0.2, 0.25) is 0 Å². The lowest BCUT2D eigenvalue weighted by Crippen LogP contribution is -2.59. The molecule has 0 unspecified atom stereocenters. The van der Waals surface area contributed by atoms with E-state index in [4.69, 9.17) is 9.47 Å². The number of aryl methyl sites for hydroxylation is 1. The summed E-state index contributed by atoms with van der Waals surface area (Å²) in [6.07, 6.45) is 4.56. The first-order chi connectivity index (χ1) is 20.2. The highest BCUT2D eigenvalue weighted by Crippen LogP contribution is 2.37. The minimum absolute atomic E-state index is 0.00961. The zero-order valence-electron chi connectivity index (χ0n) is 23.9. The number of nitrogens with one attached hydrogen (secondary N) is 1. The fraction of sp³-hybridized carbons (Fsp3) is 0.467. The average Bonchev–Trinajstić information content (AvgIpc) is 3.60. The van der Waals surface area contributed by atoms with Crippen molar-refractivity contribution in [2.75, 3.05) is 33.4 Å². The van der Waals surface area contributed by atoms with E-state index in [9.17, 15) is 18.3 Å². The third-order valence-corrected chi connectivity index (χ3v) is 10.6. The van der Waals surface area contributed by atoms with Gasteiger partial charge in [-0.05, 0) is 36.6 Å². The molecule has 6 rings (SSSR count). The molecule has 2 N–H and O–H groups in total. The van der Waals surface area contributed by atoms with E-state index >= 15 is 0 Å². The number of sulfonamides is 1. The fourth-order valence-corrected chi connectivity index (χ4v) is 8.10. The molecule has 1 aromatic heterocycles. The lowest BCUT2D eigenvalue weighted by molar-refractivity contribution is -0.127. The van der Waals surface area contributed by atoms with Crippen LogP contribution in [0.5, 0.6) is 11.5 Å². The van der Waals surface area contributed by atoms with Gasteiger partial charge in [-0.15, -0.1) is 0 Å². The van der Waals surface area contributed by atoms with E-state index in [2.05, 4.69) is 21.4 Å². The molecule has 2 aromatic carbocycles. The molecule has 0 saturated carbocycles. The number of amides is 1. The number of piperidine rings is 1. The molecule has 0 radical (unpaired) electrons. The van der Waals surface area contributed by atoms with Crippen molar-refractivity contribution in [2.45, 2.75) is 54.8 Å². The van der Waals surface area contributed by atoms with E-state index in [1.165, 1.54) is 6.07 Å². The molecular formula is C30H37N5O6S. The first kappa shape index (κ1) is 28.7. The van der Waals surface area contributed by atoms with Gasteiger partial charge in [0.2, 0.25) is 15.9 Å². The molecule has 2 saturated heterocycles. The van der Waals surface area contributed by atoms with Gasteiger partial charge in [0.25, 0.3) is 0 Å². The van der Waals surface area contributed by atoms with E-state index in [1.54, 1.807) is 30.1 Å². The number of hydrogen-bond acceptors (Lipinski definition) is 8. The Kier molecular flexibility index (Phi) is 7.73. The smallest absolute Gasteiger partial charge is 0.247 e. The molecule has 0 bridgehead atoms. The number of aliphatic hydroxyl groups excluding tert-OH is 1. The Hall–Kier alpha value is -3.45. The van der Waals surface area contributed by atoms with Crippen molar-refractivity contribution < 1.29 is 27.8 Å². The number of benzene rings is 2. The monoisotopic (exact) mass is 595 g/mol. The van der Waals surface area contributed by atoms with Crippen LogP contribution in [0.4, 0.5) is 0 Å². The summed E-state index contributed by atoms with van der Waals surface area (Å²) in [5.74, 6) is 0.707. The van der Waals surface area contributed by atoms with Gasteiger partial charge in [-0.25, -0.2) is 8.42 Å². The van der Waals surface area contributed by atoms with Crippen LogP contribution < -0.4 is 14.8 Å². The molecule has 3 aromatic rings. The number of methoxy groups -OCH3 is 1. The number of para-hydroxylation sites is 1. The Labute approximate surface area is 246 Å². The lowest BCUT2D eigenvalue weighted by Gasteiger charge is -2.43. The number of carbonyl (C=O) groups is 1. The molecule has 0 aliphatic carbocycles. The van der Waals surface area contributed by atoms with Crippen LogP contribution in [0.25, 0.3) is 11.1 Å². The maximum absolute atomic E-state index is 13.9. The van der Waals surface area contributed by atoms with Crippen molar-refractivity contribution in [2.24, 2.45) is 7.05 Å². The van der Waals surface area contributed by atoms with E-state index in [0.717, 1.165) is 46.4 Å². The van der Waals surface area contributed by atoms with Crippen molar-refractivity contribution >= 4 is 15.9 Å². The molecule has 2 fully saturated rings. The van der Waals surface area contributed by atoms with Crippen LogP contribution in [0.15, 0.2) is 59.8 Å². The van der Waals surface area contributed by atoms with Crippen molar-refractivity contribution in [1.29, 1.82) is 0 Å². The molecule has 12 heteroatoms. The minimum atomic E-state index is -4.14. The third-order valence-electron chi connectivity index (χ3n) is 8.73. The van der Waals surface area contributed by atoms with Crippen LogP contribution in [0.1, 0.15) is 31.2 Å². The van der Waals surface area contributed by atoms with Crippen molar-refractivity contribution in [1.82, 2.24) is 24.3 Å². The second-order valence-electron chi connectivity index (χ2n) is 11.5. The molecule has 1 amide bonds. The average molecular weight is 596 g/mol. The standard InChI is InChI=1S/C30H37N5O6S/c1-33-18-23(17-31-33)21-7-8-28-27(15-21)41-14-11-30(32-29(37)25-16-24(36)20-35(25)42(28,38)39)9-12-34(13-10-30)19-22-5-3-4-6-26(22)40-2/h3-8,15,17-18,24-25,36H,9-14,16,19-20H2,1-2H3,(H,32,37)/t24-,25+/m1/s1. The summed E-state index contributed by atoms with van der Waals surface area (Å²) in [4.78, 5) is 16.1. The van der Waals surface area contributed by atoms with Crippen LogP contribution in [-0.2, 0) is 28.4 Å². The fourth-order valence-electron chi connectivity index (χ4n) is 6.35. The predicted octanol–water partition coefficient (Wildman–Crippen LogP) is 2.15. The molecular weight excluding hydrogens is 558 g/mol. The number of hydrogen-bond donors (Lipinski definition) is 2. The number of ether oxygens (including phenoxy) is 2. The van der Waals surface area contributed by atoms with Gasteiger partial charge < -0.3 is 19.9 Å². The summed E-state index contributed by atoms with van der Waals surface area (Å²) in [6, 6.07) is 11.9. The molecule has 224 valence electrons. The zero-order chi connectivity index (χ0) is 29.5. The topological polar surface area (TPSA) is 126 Å². The Morgan fingerprint density at radius 3 is 2.67 bits per heavy atom. The van der Waals surface area contributed by atoms with Gasteiger partial charge in [0, 0.05) is 68.9 Å². The van der Waals surface area contributed by atoms with Gasteiger partial charge in [0.15, 0.2) is 0 Å². The van der Waals surface area contributed by atoms with Crippen molar-refractivity contribution in [3.8, 4) is 22.6 Å².